The van der Waals surface area contributed by atoms with Gasteiger partial charge in [0.2, 0.25) is 0 Å². The van der Waals surface area contributed by atoms with Crippen molar-refractivity contribution in [1.29, 1.82) is 0 Å². The fourth-order valence-electron chi connectivity index (χ4n) is 3.06. The zero-order valence-corrected chi connectivity index (χ0v) is 12.5. The molecule has 0 N–H and O–H groups in total. The Bertz CT molecular complexity index is 724. The summed E-state index contributed by atoms with van der Waals surface area (Å²) in [6.45, 7) is 0. The van der Waals surface area contributed by atoms with Crippen molar-refractivity contribution in [2.24, 2.45) is 0 Å². The Kier molecular flexibility index (Phi) is 2.67. The molecule has 0 saturated heterocycles. The molecule has 100 valence electrons. The van der Waals surface area contributed by atoms with Gasteiger partial charge in [0, 0.05) is 28.3 Å². The van der Waals surface area contributed by atoms with E-state index in [1.807, 2.05) is 23.0 Å². The van der Waals surface area contributed by atoms with Crippen molar-refractivity contribution in [1.82, 2.24) is 14.6 Å². The minimum absolute atomic E-state index is 0.0778. The Morgan fingerprint density at radius 3 is 2.60 bits per heavy atom. The second-order valence-corrected chi connectivity index (χ2v) is 6.31. The molecule has 0 radical (unpaired) electrons. The smallest absolute Gasteiger partial charge is 0.155 e. The quantitative estimate of drug-likeness (QED) is 0.713. The second-order valence-electron chi connectivity index (χ2n) is 5.39. The van der Waals surface area contributed by atoms with E-state index in [-0.39, 0.29) is 5.41 Å². The number of benzene rings is 1. The Labute approximate surface area is 125 Å². The van der Waals surface area contributed by atoms with E-state index in [1.54, 1.807) is 0 Å². The molecule has 1 aliphatic rings. The van der Waals surface area contributed by atoms with Crippen LogP contribution in [0.2, 0.25) is 0 Å². The molecule has 1 saturated carbocycles. The lowest BCUT2D eigenvalue weighted by Gasteiger charge is -2.41. The molecule has 20 heavy (non-hydrogen) atoms. The average molecular weight is 328 g/mol. The number of hydrogen-bond donors (Lipinski definition) is 0. The zero-order valence-electron chi connectivity index (χ0n) is 11.0. The number of hydrogen-bond acceptors (Lipinski definition) is 2. The third-order valence-corrected chi connectivity index (χ3v) is 4.86. The minimum atomic E-state index is 0.0778. The van der Waals surface area contributed by atoms with Gasteiger partial charge in [-0.3, -0.25) is 0 Å². The summed E-state index contributed by atoms with van der Waals surface area (Å²) in [5.41, 5.74) is 3.50. The molecule has 0 amide bonds. The van der Waals surface area contributed by atoms with Crippen molar-refractivity contribution in [2.75, 3.05) is 0 Å². The predicted molar refractivity (Wildman–Crippen MR) is 81.8 cm³/mol. The third kappa shape index (κ3) is 1.71. The summed E-state index contributed by atoms with van der Waals surface area (Å²) in [4.78, 5) is 4.37. The molecule has 0 atom stereocenters. The van der Waals surface area contributed by atoms with Crippen LogP contribution in [0.3, 0.4) is 0 Å². The van der Waals surface area contributed by atoms with Crippen molar-refractivity contribution in [3.05, 3.63) is 64.5 Å². The van der Waals surface area contributed by atoms with Gasteiger partial charge in [0.05, 0.1) is 5.69 Å². The average Bonchev–Trinajstić information content (AvgIpc) is 2.83. The topological polar surface area (TPSA) is 30.2 Å². The van der Waals surface area contributed by atoms with Crippen LogP contribution in [-0.4, -0.2) is 14.6 Å². The monoisotopic (exact) mass is 327 g/mol. The largest absolute Gasteiger partial charge is 0.237 e. The van der Waals surface area contributed by atoms with Crippen LogP contribution in [0.25, 0.3) is 5.65 Å². The van der Waals surface area contributed by atoms with Gasteiger partial charge in [0.25, 0.3) is 0 Å². The molecule has 0 bridgehead atoms. The van der Waals surface area contributed by atoms with Crippen molar-refractivity contribution in [3.63, 3.8) is 0 Å². The van der Waals surface area contributed by atoms with E-state index < -0.39 is 0 Å². The summed E-state index contributed by atoms with van der Waals surface area (Å²) in [6.07, 6.45) is 7.36. The lowest BCUT2D eigenvalue weighted by atomic mass is 9.62. The molecule has 2 heterocycles. The lowest BCUT2D eigenvalue weighted by Crippen LogP contribution is -2.35. The van der Waals surface area contributed by atoms with Crippen molar-refractivity contribution in [3.8, 4) is 0 Å². The third-order valence-electron chi connectivity index (χ3n) is 4.33. The number of nitrogens with zero attached hydrogens (tertiary/aromatic N) is 3. The van der Waals surface area contributed by atoms with Crippen molar-refractivity contribution >= 4 is 21.6 Å². The molecule has 4 heteroatoms. The first-order valence-corrected chi connectivity index (χ1v) is 7.64. The Morgan fingerprint density at radius 2 is 1.95 bits per heavy atom. The second kappa shape index (κ2) is 4.42. The first-order valence-electron chi connectivity index (χ1n) is 6.85. The number of fused-ring (bicyclic) bond motifs is 1. The van der Waals surface area contributed by atoms with Crippen molar-refractivity contribution < 1.29 is 0 Å². The minimum Gasteiger partial charge on any atom is -0.237 e. The van der Waals surface area contributed by atoms with Crippen LogP contribution in [0, 0.1) is 0 Å². The Balaban J connectivity index is 1.86. The first-order chi connectivity index (χ1) is 9.78. The summed E-state index contributed by atoms with van der Waals surface area (Å²) < 4.78 is 2.99. The molecule has 3 aromatic rings. The number of rotatable bonds is 2. The molecular weight excluding hydrogens is 314 g/mol. The van der Waals surface area contributed by atoms with E-state index in [9.17, 15) is 0 Å². The van der Waals surface area contributed by atoms with Gasteiger partial charge in [0.1, 0.15) is 0 Å². The summed E-state index contributed by atoms with van der Waals surface area (Å²) in [6, 6.07) is 12.7. The van der Waals surface area contributed by atoms with Crippen LogP contribution in [-0.2, 0) is 5.41 Å². The highest BCUT2D eigenvalue weighted by molar-refractivity contribution is 9.10. The van der Waals surface area contributed by atoms with Gasteiger partial charge in [-0.1, -0.05) is 34.5 Å². The predicted octanol–water partition coefficient (Wildman–Crippen LogP) is 3.96. The zero-order chi connectivity index (χ0) is 13.6. The number of aromatic nitrogens is 3. The van der Waals surface area contributed by atoms with Crippen LogP contribution in [0.5, 0.6) is 0 Å². The molecule has 1 aromatic carbocycles. The molecule has 1 aliphatic carbocycles. The van der Waals surface area contributed by atoms with E-state index in [0.29, 0.717) is 0 Å². The molecule has 1 fully saturated rings. The molecule has 4 rings (SSSR count). The lowest BCUT2D eigenvalue weighted by molar-refractivity contribution is 0.292. The van der Waals surface area contributed by atoms with Crippen LogP contribution in [0.15, 0.2) is 53.3 Å². The molecule has 0 aliphatic heterocycles. The van der Waals surface area contributed by atoms with Gasteiger partial charge in [-0.15, -0.1) is 0 Å². The molecule has 0 spiro atoms. The summed E-state index contributed by atoms with van der Waals surface area (Å²) in [7, 11) is 0. The highest BCUT2D eigenvalue weighted by Crippen LogP contribution is 2.48. The van der Waals surface area contributed by atoms with Crippen LogP contribution in [0.4, 0.5) is 0 Å². The standard InChI is InChI=1S/C16H14BrN3/c17-13-5-3-12(4-6-13)16(7-1-8-16)14-11-15-18-9-2-10-20(15)19-14/h2-6,9-11H,1,7-8H2. The van der Waals surface area contributed by atoms with Gasteiger partial charge < -0.3 is 0 Å². The van der Waals surface area contributed by atoms with Crippen molar-refractivity contribution in [2.45, 2.75) is 24.7 Å². The summed E-state index contributed by atoms with van der Waals surface area (Å²) in [5, 5.41) is 4.75. The molecular formula is C16H14BrN3. The SMILES string of the molecule is Brc1ccc(C2(c3cc4ncccn4n3)CCC2)cc1. The Morgan fingerprint density at radius 1 is 1.15 bits per heavy atom. The van der Waals surface area contributed by atoms with Gasteiger partial charge in [0.15, 0.2) is 5.65 Å². The number of halogens is 1. The van der Waals surface area contributed by atoms with E-state index in [2.05, 4.69) is 51.2 Å². The maximum absolute atomic E-state index is 4.75. The van der Waals surface area contributed by atoms with E-state index in [1.165, 1.54) is 24.8 Å². The van der Waals surface area contributed by atoms with E-state index in [0.717, 1.165) is 15.8 Å². The Hall–Kier alpha value is -1.68. The summed E-state index contributed by atoms with van der Waals surface area (Å²) >= 11 is 3.51. The fraction of sp³-hybridized carbons (Fsp3) is 0.250. The molecule has 3 nitrogen and oxygen atoms in total. The first kappa shape index (κ1) is 12.1. The maximum atomic E-state index is 4.75. The highest BCUT2D eigenvalue weighted by Gasteiger charge is 2.42. The fourth-order valence-corrected chi connectivity index (χ4v) is 3.32. The molecule has 0 unspecified atom stereocenters. The normalized spacial score (nSPS) is 17.1. The van der Waals surface area contributed by atoms with Crippen LogP contribution in [0.1, 0.15) is 30.5 Å². The van der Waals surface area contributed by atoms with Gasteiger partial charge in [-0.05, 0) is 36.6 Å². The van der Waals surface area contributed by atoms with E-state index >= 15 is 0 Å². The summed E-state index contributed by atoms with van der Waals surface area (Å²) in [5.74, 6) is 0. The maximum Gasteiger partial charge on any atom is 0.155 e. The van der Waals surface area contributed by atoms with Gasteiger partial charge in [-0.2, -0.15) is 5.10 Å². The molecule has 2 aromatic heterocycles. The van der Waals surface area contributed by atoms with Crippen LogP contribution < -0.4 is 0 Å². The van der Waals surface area contributed by atoms with E-state index in [4.69, 9.17) is 5.10 Å². The highest BCUT2D eigenvalue weighted by atomic mass is 79.9. The van der Waals surface area contributed by atoms with Gasteiger partial charge in [-0.25, -0.2) is 9.50 Å². The van der Waals surface area contributed by atoms with Crippen LogP contribution >= 0.6 is 15.9 Å². The van der Waals surface area contributed by atoms with Gasteiger partial charge >= 0.3 is 0 Å².